The molecule has 1 aliphatic rings. The third-order valence-corrected chi connectivity index (χ3v) is 3.91. The van der Waals surface area contributed by atoms with Crippen LogP contribution in [0.4, 0.5) is 4.79 Å². The quantitative estimate of drug-likeness (QED) is 0.713. The maximum atomic E-state index is 12.2. The minimum absolute atomic E-state index is 0.0282. The average molecular weight is 353 g/mol. The smallest absolute Gasteiger partial charge is 0.407 e. The molecule has 142 valence electrons. The van der Waals surface area contributed by atoms with Gasteiger partial charge in [-0.1, -0.05) is 6.58 Å². The van der Waals surface area contributed by atoms with Gasteiger partial charge < -0.3 is 20.3 Å². The fourth-order valence-electron chi connectivity index (χ4n) is 2.52. The molecule has 3 amide bonds. The van der Waals surface area contributed by atoms with Gasteiger partial charge in [-0.2, -0.15) is 0 Å². The van der Waals surface area contributed by atoms with Gasteiger partial charge in [-0.3, -0.25) is 9.59 Å². The number of hydrogen-bond acceptors (Lipinski definition) is 4. The zero-order chi connectivity index (χ0) is 19.0. The standard InChI is InChI=1S/C18H31N3O4/c1-13(2)16(23)20-12-14-7-10-21(11-8-14)15(22)6-9-19-17(24)25-18(3,4)5/h14H,1,6-12H2,2-5H3,(H,19,24)(H,20,23). The monoisotopic (exact) mass is 353 g/mol. The molecule has 0 aromatic heterocycles. The summed E-state index contributed by atoms with van der Waals surface area (Å²) in [6.45, 7) is 12.9. The zero-order valence-electron chi connectivity index (χ0n) is 15.8. The van der Waals surface area contributed by atoms with Crippen molar-refractivity contribution in [3.63, 3.8) is 0 Å². The number of carbonyl (C=O) groups is 3. The van der Waals surface area contributed by atoms with Gasteiger partial charge in [-0.25, -0.2) is 4.79 Å². The number of likely N-dealkylation sites (tertiary alicyclic amines) is 1. The molecule has 0 spiro atoms. The van der Waals surface area contributed by atoms with E-state index in [4.69, 9.17) is 4.74 Å². The van der Waals surface area contributed by atoms with Crippen LogP contribution in [0.1, 0.15) is 47.0 Å². The number of piperidine rings is 1. The molecule has 25 heavy (non-hydrogen) atoms. The molecule has 0 atom stereocenters. The molecule has 1 fully saturated rings. The Morgan fingerprint density at radius 1 is 1.16 bits per heavy atom. The summed E-state index contributed by atoms with van der Waals surface area (Å²) in [6.07, 6.45) is 1.48. The largest absolute Gasteiger partial charge is 0.444 e. The van der Waals surface area contributed by atoms with Crippen LogP contribution < -0.4 is 10.6 Å². The van der Waals surface area contributed by atoms with E-state index in [1.54, 1.807) is 27.7 Å². The number of nitrogens with zero attached hydrogens (tertiary/aromatic N) is 1. The molecule has 7 nitrogen and oxygen atoms in total. The Kier molecular flexibility index (Phi) is 7.93. The van der Waals surface area contributed by atoms with Crippen LogP contribution >= 0.6 is 0 Å². The van der Waals surface area contributed by atoms with E-state index in [0.29, 0.717) is 31.1 Å². The summed E-state index contributed by atoms with van der Waals surface area (Å²) in [4.78, 5) is 37.0. The minimum Gasteiger partial charge on any atom is -0.444 e. The second kappa shape index (κ2) is 9.44. The van der Waals surface area contributed by atoms with Crippen molar-refractivity contribution in [1.82, 2.24) is 15.5 Å². The van der Waals surface area contributed by atoms with Gasteiger partial charge in [0.15, 0.2) is 0 Å². The molecular formula is C18H31N3O4. The zero-order valence-corrected chi connectivity index (χ0v) is 15.8. The van der Waals surface area contributed by atoms with E-state index in [1.165, 1.54) is 0 Å². The van der Waals surface area contributed by atoms with Crippen LogP contribution in [-0.4, -0.2) is 54.6 Å². The van der Waals surface area contributed by atoms with Crippen LogP contribution in [0.5, 0.6) is 0 Å². The number of amides is 3. The predicted molar refractivity (Wildman–Crippen MR) is 96.0 cm³/mol. The normalized spacial score (nSPS) is 15.4. The Balaban J connectivity index is 2.21. The van der Waals surface area contributed by atoms with Gasteiger partial charge in [0.25, 0.3) is 0 Å². The second-order valence-corrected chi connectivity index (χ2v) is 7.49. The van der Waals surface area contributed by atoms with E-state index in [-0.39, 0.29) is 24.8 Å². The lowest BCUT2D eigenvalue weighted by atomic mass is 9.96. The van der Waals surface area contributed by atoms with Crippen molar-refractivity contribution in [2.45, 2.75) is 52.6 Å². The number of hydrogen-bond donors (Lipinski definition) is 2. The maximum absolute atomic E-state index is 12.2. The fourth-order valence-corrected chi connectivity index (χ4v) is 2.52. The molecule has 0 aromatic carbocycles. The van der Waals surface area contributed by atoms with Crippen LogP contribution in [0.15, 0.2) is 12.2 Å². The summed E-state index contributed by atoms with van der Waals surface area (Å²) in [5.74, 6) is 0.291. The number of rotatable bonds is 6. The Hall–Kier alpha value is -2.05. The number of carbonyl (C=O) groups excluding carboxylic acids is 3. The van der Waals surface area contributed by atoms with E-state index in [0.717, 1.165) is 12.8 Å². The highest BCUT2D eigenvalue weighted by atomic mass is 16.6. The van der Waals surface area contributed by atoms with Crippen molar-refractivity contribution >= 4 is 17.9 Å². The molecule has 0 bridgehead atoms. The topological polar surface area (TPSA) is 87.7 Å². The van der Waals surface area contributed by atoms with E-state index < -0.39 is 11.7 Å². The van der Waals surface area contributed by atoms with Gasteiger partial charge in [0.05, 0.1) is 0 Å². The van der Waals surface area contributed by atoms with Crippen LogP contribution in [0.3, 0.4) is 0 Å². The maximum Gasteiger partial charge on any atom is 0.407 e. The summed E-state index contributed by atoms with van der Waals surface area (Å²) in [7, 11) is 0. The van der Waals surface area contributed by atoms with Crippen LogP contribution in [0.25, 0.3) is 0 Å². The Morgan fingerprint density at radius 3 is 2.28 bits per heavy atom. The third-order valence-electron chi connectivity index (χ3n) is 3.91. The van der Waals surface area contributed by atoms with Crippen molar-refractivity contribution in [2.75, 3.05) is 26.2 Å². The van der Waals surface area contributed by atoms with Gasteiger partial charge in [0.1, 0.15) is 5.60 Å². The highest BCUT2D eigenvalue weighted by Gasteiger charge is 2.23. The first-order valence-corrected chi connectivity index (χ1v) is 8.77. The first-order valence-electron chi connectivity index (χ1n) is 8.77. The molecule has 1 rings (SSSR count). The molecule has 7 heteroatoms. The van der Waals surface area contributed by atoms with Gasteiger partial charge >= 0.3 is 6.09 Å². The summed E-state index contributed by atoms with van der Waals surface area (Å²) in [5.41, 5.74) is -0.0414. The molecule has 0 radical (unpaired) electrons. The molecule has 1 aliphatic heterocycles. The van der Waals surface area contributed by atoms with Crippen molar-refractivity contribution in [1.29, 1.82) is 0 Å². The fraction of sp³-hybridized carbons (Fsp3) is 0.722. The van der Waals surface area contributed by atoms with Gasteiger partial charge in [0, 0.05) is 38.2 Å². The molecule has 2 N–H and O–H groups in total. The molecule has 1 heterocycles. The predicted octanol–water partition coefficient (Wildman–Crippen LogP) is 1.83. The Labute approximate surface area is 150 Å². The van der Waals surface area contributed by atoms with Crippen molar-refractivity contribution < 1.29 is 19.1 Å². The van der Waals surface area contributed by atoms with E-state index in [9.17, 15) is 14.4 Å². The van der Waals surface area contributed by atoms with Gasteiger partial charge in [-0.15, -0.1) is 0 Å². The third kappa shape index (κ3) is 8.56. The lowest BCUT2D eigenvalue weighted by molar-refractivity contribution is -0.132. The van der Waals surface area contributed by atoms with E-state index in [1.807, 2.05) is 4.90 Å². The summed E-state index contributed by atoms with van der Waals surface area (Å²) >= 11 is 0. The van der Waals surface area contributed by atoms with Crippen LogP contribution in [0.2, 0.25) is 0 Å². The molecule has 0 aromatic rings. The molecule has 0 saturated carbocycles. The molecular weight excluding hydrogens is 322 g/mol. The second-order valence-electron chi connectivity index (χ2n) is 7.49. The average Bonchev–Trinajstić information content (AvgIpc) is 2.51. The lowest BCUT2D eigenvalue weighted by Crippen LogP contribution is -2.42. The Bertz CT molecular complexity index is 503. The van der Waals surface area contributed by atoms with Crippen LogP contribution in [0, 0.1) is 5.92 Å². The summed E-state index contributed by atoms with van der Waals surface area (Å²) < 4.78 is 5.13. The van der Waals surface area contributed by atoms with Crippen molar-refractivity contribution in [2.24, 2.45) is 5.92 Å². The van der Waals surface area contributed by atoms with Crippen molar-refractivity contribution in [3.8, 4) is 0 Å². The molecule has 0 aliphatic carbocycles. The Morgan fingerprint density at radius 2 is 1.76 bits per heavy atom. The number of alkyl carbamates (subject to hydrolysis) is 1. The van der Waals surface area contributed by atoms with Gasteiger partial charge in [0.2, 0.25) is 11.8 Å². The van der Waals surface area contributed by atoms with Crippen LogP contribution in [-0.2, 0) is 14.3 Å². The number of ether oxygens (including phenoxy) is 1. The van der Waals surface area contributed by atoms with E-state index in [2.05, 4.69) is 17.2 Å². The lowest BCUT2D eigenvalue weighted by Gasteiger charge is -2.32. The van der Waals surface area contributed by atoms with Gasteiger partial charge in [-0.05, 0) is 46.5 Å². The highest BCUT2D eigenvalue weighted by Crippen LogP contribution is 2.17. The minimum atomic E-state index is -0.546. The molecule has 1 saturated heterocycles. The summed E-state index contributed by atoms with van der Waals surface area (Å²) in [5, 5.41) is 5.45. The van der Waals surface area contributed by atoms with Crippen molar-refractivity contribution in [3.05, 3.63) is 12.2 Å². The highest BCUT2D eigenvalue weighted by molar-refractivity contribution is 5.92. The first-order chi connectivity index (χ1) is 11.6. The molecule has 0 unspecified atom stereocenters. The SMILES string of the molecule is C=C(C)C(=O)NCC1CCN(C(=O)CCNC(=O)OC(C)(C)C)CC1. The number of nitrogens with one attached hydrogen (secondary N) is 2. The first kappa shape index (κ1) is 21.0. The van der Waals surface area contributed by atoms with E-state index >= 15 is 0 Å². The summed E-state index contributed by atoms with van der Waals surface area (Å²) in [6, 6.07) is 0.